The molecule has 0 atom stereocenters. The molecular weight excluding hydrogens is 687 g/mol. The second-order valence-corrected chi connectivity index (χ2v) is 12.8. The van der Waals surface area contributed by atoms with Gasteiger partial charge in [-0.25, -0.2) is 8.42 Å². The predicted octanol–water partition coefficient (Wildman–Crippen LogP) is -0.831. The number of hydrogen-bond acceptors (Lipinski definition) is 10. The van der Waals surface area contributed by atoms with E-state index in [9.17, 15) is 31.0 Å². The van der Waals surface area contributed by atoms with Crippen LogP contribution in [0.15, 0.2) is 115 Å². The third-order valence-electron chi connectivity index (χ3n) is 6.79. The maximum absolute atomic E-state index is 13.4. The van der Waals surface area contributed by atoms with Crippen molar-refractivity contribution >= 4 is 65.1 Å². The van der Waals surface area contributed by atoms with Gasteiger partial charge < -0.3 is 15.0 Å². The molecule has 0 amide bonds. The van der Waals surface area contributed by atoms with E-state index in [2.05, 4.69) is 25.8 Å². The third-order valence-corrected chi connectivity index (χ3v) is 8.64. The van der Waals surface area contributed by atoms with Gasteiger partial charge in [-0.1, -0.05) is 60.3 Å². The summed E-state index contributed by atoms with van der Waals surface area (Å²) in [5, 5.41) is 34.6. The van der Waals surface area contributed by atoms with Crippen molar-refractivity contribution in [1.29, 1.82) is 0 Å². The Morgan fingerprint density at radius 3 is 1.83 bits per heavy atom. The number of benzene rings is 5. The number of para-hydroxylation sites is 1. The van der Waals surface area contributed by atoms with E-state index in [4.69, 9.17) is 0 Å². The van der Waals surface area contributed by atoms with Crippen LogP contribution >= 0.6 is 0 Å². The number of fused-ring (bicyclic) bond motifs is 1. The van der Waals surface area contributed by atoms with Gasteiger partial charge in [0, 0.05) is 0 Å². The maximum atomic E-state index is 13.4. The van der Waals surface area contributed by atoms with Crippen LogP contribution < -0.4 is 93.8 Å². The molecule has 5 aromatic rings. The Kier molecular flexibility index (Phi) is 15.2. The second-order valence-electron chi connectivity index (χ2n) is 10.1. The van der Waals surface area contributed by atoms with Crippen LogP contribution in [-0.2, 0) is 20.2 Å². The van der Waals surface area contributed by atoms with Gasteiger partial charge in [0.1, 0.15) is 15.0 Å². The van der Waals surface area contributed by atoms with Gasteiger partial charge >= 0.3 is 88.7 Å². The van der Waals surface area contributed by atoms with Crippen molar-refractivity contribution < 1.29 is 120 Å². The standard InChI is InChI=1S/C31H26N5O7S2.3Na/c1-18-9-10-24(17-28(18)44(38,39)40)33-34-26-13-20(3)27(14-19(26)2)35-36-30-29(45(41,42)43)16-21-15-23(11-12-25(21)31(30)37)32-22-7-5-4-6-8-22;;;/h4-17H,1-3H3,(H3-,32,33,35,37,38,39,40,41,42,43);;;/q-1;3*+1/p-2. The van der Waals surface area contributed by atoms with Gasteiger partial charge in [-0.2, -0.15) is 23.8 Å². The number of azo groups is 2. The van der Waals surface area contributed by atoms with Crippen LogP contribution in [0.3, 0.4) is 0 Å². The van der Waals surface area contributed by atoms with E-state index < -0.39 is 36.6 Å². The summed E-state index contributed by atoms with van der Waals surface area (Å²) in [6.45, 7) is 4.88. The molecule has 0 bridgehead atoms. The van der Waals surface area contributed by atoms with Crippen molar-refractivity contribution in [3.8, 4) is 5.75 Å². The Morgan fingerprint density at radius 2 is 1.25 bits per heavy atom. The molecule has 0 unspecified atom stereocenters. The zero-order valence-electron chi connectivity index (χ0n) is 27.0. The minimum absolute atomic E-state index is 0. The van der Waals surface area contributed by atoms with Gasteiger partial charge in [0.25, 0.3) is 10.1 Å². The van der Waals surface area contributed by atoms with E-state index in [1.807, 2.05) is 18.2 Å². The molecule has 0 fully saturated rings. The van der Waals surface area contributed by atoms with Crippen LogP contribution in [0.1, 0.15) is 16.7 Å². The van der Waals surface area contributed by atoms with Crippen LogP contribution in [0.25, 0.3) is 16.1 Å². The van der Waals surface area contributed by atoms with E-state index in [1.54, 1.807) is 44.2 Å². The predicted molar refractivity (Wildman–Crippen MR) is 166 cm³/mol. The van der Waals surface area contributed by atoms with Gasteiger partial charge in [0.2, 0.25) is 0 Å². The molecule has 0 heterocycles. The SMILES string of the molecule is Cc1cc(N=Nc2c(S(=O)(=O)O)cc3cc([N-]c4ccccc4)ccc3c2[O-])c(C)cc1N=Nc1ccc(C)c(S(=O)(=O)[O-])c1.[Na+].[Na+].[Na+]. The summed E-state index contributed by atoms with van der Waals surface area (Å²) in [7, 11) is -9.55. The molecule has 0 saturated carbocycles. The molecule has 0 saturated heterocycles. The fourth-order valence-electron chi connectivity index (χ4n) is 4.47. The van der Waals surface area contributed by atoms with E-state index in [1.165, 1.54) is 31.2 Å². The molecule has 1 N–H and O–H groups in total. The van der Waals surface area contributed by atoms with E-state index in [-0.39, 0.29) is 110 Å². The van der Waals surface area contributed by atoms with Crippen molar-refractivity contribution in [3.05, 3.63) is 107 Å². The molecular formula is C31H24N5Na3O7S2. The summed E-state index contributed by atoms with van der Waals surface area (Å²) in [4.78, 5) is -1.08. The number of rotatable bonds is 8. The molecule has 230 valence electrons. The fraction of sp³-hybridized carbons (Fsp3) is 0.0968. The topological polar surface area (TPSA) is 198 Å². The quantitative estimate of drug-likeness (QED) is 0.123. The smallest absolute Gasteiger partial charge is 0.871 e. The van der Waals surface area contributed by atoms with Gasteiger partial charge in [-0.05, 0) is 78.6 Å². The first-order valence-corrected chi connectivity index (χ1v) is 16.1. The van der Waals surface area contributed by atoms with Crippen LogP contribution in [0.4, 0.5) is 34.1 Å². The molecule has 48 heavy (non-hydrogen) atoms. The van der Waals surface area contributed by atoms with Crippen molar-refractivity contribution in [2.45, 2.75) is 30.6 Å². The first-order chi connectivity index (χ1) is 21.2. The largest absolute Gasteiger partial charge is 1.00 e. The first kappa shape index (κ1) is 42.1. The van der Waals surface area contributed by atoms with Crippen molar-refractivity contribution in [2.75, 3.05) is 0 Å². The monoisotopic (exact) mass is 711 g/mol. The summed E-state index contributed by atoms with van der Waals surface area (Å²) < 4.78 is 69.1. The normalized spacial score (nSPS) is 11.6. The Labute approximate surface area is 344 Å². The zero-order valence-corrected chi connectivity index (χ0v) is 34.7. The number of hydrogen-bond donors (Lipinski definition) is 1. The fourth-order valence-corrected chi connectivity index (χ4v) is 5.86. The summed E-state index contributed by atoms with van der Waals surface area (Å²) in [5.74, 6) is -0.743. The van der Waals surface area contributed by atoms with Crippen molar-refractivity contribution in [3.63, 3.8) is 0 Å². The molecule has 0 aromatic heterocycles. The van der Waals surface area contributed by atoms with Crippen LogP contribution in [0, 0.1) is 20.8 Å². The zero-order chi connectivity index (χ0) is 32.5. The Morgan fingerprint density at radius 1 is 0.646 bits per heavy atom. The summed E-state index contributed by atoms with van der Waals surface area (Å²) >= 11 is 0. The summed E-state index contributed by atoms with van der Waals surface area (Å²) in [6, 6.07) is 22.2. The average molecular weight is 712 g/mol. The molecule has 17 heteroatoms. The average Bonchev–Trinajstić information content (AvgIpc) is 2.97. The number of nitrogens with zero attached hydrogens (tertiary/aromatic N) is 5. The minimum Gasteiger partial charge on any atom is -0.871 e. The van der Waals surface area contributed by atoms with Gasteiger partial charge in [-0.3, -0.25) is 4.55 Å². The summed E-state index contributed by atoms with van der Waals surface area (Å²) in [6.07, 6.45) is 0. The maximum Gasteiger partial charge on any atom is 1.00 e. The van der Waals surface area contributed by atoms with E-state index in [0.717, 1.165) is 12.1 Å². The van der Waals surface area contributed by atoms with Crippen LogP contribution in [-0.4, -0.2) is 25.9 Å². The minimum atomic E-state index is -4.87. The van der Waals surface area contributed by atoms with Gasteiger partial charge in [0.05, 0.1) is 27.6 Å². The third kappa shape index (κ3) is 10.0. The van der Waals surface area contributed by atoms with E-state index in [0.29, 0.717) is 39.4 Å². The van der Waals surface area contributed by atoms with Crippen molar-refractivity contribution in [2.24, 2.45) is 20.5 Å². The van der Waals surface area contributed by atoms with Gasteiger partial charge in [0.15, 0.2) is 0 Å². The van der Waals surface area contributed by atoms with Crippen LogP contribution in [0.2, 0.25) is 0 Å². The molecule has 0 aliphatic carbocycles. The second kappa shape index (κ2) is 17.3. The van der Waals surface area contributed by atoms with Crippen molar-refractivity contribution in [1.82, 2.24) is 0 Å². The molecule has 0 aliphatic heterocycles. The molecule has 12 nitrogen and oxygen atoms in total. The van der Waals surface area contributed by atoms with Crippen LogP contribution in [0.5, 0.6) is 5.75 Å². The Hall–Kier alpha value is -2.02. The summed E-state index contributed by atoms with van der Waals surface area (Å²) in [5.41, 5.74) is 2.85. The number of aryl methyl sites for hydroxylation is 3. The molecule has 0 spiro atoms. The Bertz CT molecular complexity index is 2250. The molecule has 0 radical (unpaired) electrons. The Balaban J connectivity index is 0.00000267. The molecule has 0 aliphatic rings. The van der Waals surface area contributed by atoms with Gasteiger partial charge in [-0.15, -0.1) is 16.5 Å². The molecule has 5 rings (SSSR count). The molecule has 5 aromatic carbocycles. The first-order valence-electron chi connectivity index (χ1n) is 13.2. The van der Waals surface area contributed by atoms with E-state index >= 15 is 0 Å².